The fraction of sp³-hybridized carbons (Fsp3) is 0.875. The topological polar surface area (TPSA) is 64.6 Å². The van der Waals surface area contributed by atoms with E-state index in [1.54, 1.807) is 6.92 Å². The van der Waals surface area contributed by atoms with Crippen molar-refractivity contribution in [3.05, 3.63) is 0 Å². The van der Waals surface area contributed by atoms with Crippen molar-refractivity contribution in [2.75, 3.05) is 19.8 Å². The molecule has 0 aliphatic carbocycles. The Hall–Kier alpha value is -1.26. The fourth-order valence-corrected chi connectivity index (χ4v) is 1.94. The lowest BCUT2D eigenvalue weighted by Gasteiger charge is -2.33. The third-order valence-electron chi connectivity index (χ3n) is 3.04. The lowest BCUT2D eigenvalue weighted by molar-refractivity contribution is -0.153. The van der Waals surface area contributed by atoms with Crippen molar-refractivity contribution in [1.29, 1.82) is 0 Å². The predicted molar refractivity (Wildman–Crippen MR) is 83.0 cm³/mol. The minimum absolute atomic E-state index is 0.0557. The van der Waals surface area contributed by atoms with Crippen LogP contribution < -0.4 is 5.32 Å². The molecule has 1 unspecified atom stereocenters. The second kappa shape index (κ2) is 8.25. The van der Waals surface area contributed by atoms with Gasteiger partial charge in [-0.25, -0.2) is 4.79 Å². The van der Waals surface area contributed by atoms with E-state index in [2.05, 4.69) is 26.1 Å². The Kier molecular flexibility index (Phi) is 7.75. The summed E-state index contributed by atoms with van der Waals surface area (Å²) in [5, 5.41) is 2.53. The molecule has 0 saturated carbocycles. The highest BCUT2D eigenvalue weighted by molar-refractivity contribution is 5.73. The third kappa shape index (κ3) is 9.32. The van der Waals surface area contributed by atoms with E-state index in [-0.39, 0.29) is 35.9 Å². The Morgan fingerprint density at radius 2 is 1.62 bits per heavy atom. The number of rotatable bonds is 6. The van der Waals surface area contributed by atoms with Gasteiger partial charge in [-0.15, -0.1) is 0 Å². The van der Waals surface area contributed by atoms with E-state index < -0.39 is 6.09 Å². The molecule has 124 valence electrons. The summed E-state index contributed by atoms with van der Waals surface area (Å²) in [6.07, 6.45) is 0.274. The van der Waals surface area contributed by atoms with E-state index >= 15 is 0 Å². The van der Waals surface area contributed by atoms with E-state index in [1.807, 2.05) is 20.8 Å². The van der Waals surface area contributed by atoms with Crippen molar-refractivity contribution < 1.29 is 19.1 Å². The molecule has 21 heavy (non-hydrogen) atoms. The minimum Gasteiger partial charge on any atom is -0.464 e. The maximum atomic E-state index is 12.3. The van der Waals surface area contributed by atoms with Gasteiger partial charge < -0.3 is 14.8 Å². The van der Waals surface area contributed by atoms with Crippen LogP contribution >= 0.6 is 0 Å². The number of hydrogen-bond acceptors (Lipinski definition) is 4. The average molecular weight is 301 g/mol. The van der Waals surface area contributed by atoms with Gasteiger partial charge in [-0.3, -0.25) is 4.79 Å². The molecule has 1 N–H and O–H groups in total. The van der Waals surface area contributed by atoms with Gasteiger partial charge in [0.15, 0.2) is 0 Å². The van der Waals surface area contributed by atoms with E-state index in [1.165, 1.54) is 0 Å². The number of carbonyl (C=O) groups excluding carboxylic acids is 2. The van der Waals surface area contributed by atoms with Gasteiger partial charge in [0.25, 0.3) is 0 Å². The van der Waals surface area contributed by atoms with Gasteiger partial charge in [0.2, 0.25) is 0 Å². The van der Waals surface area contributed by atoms with E-state index in [0.717, 1.165) is 6.42 Å². The molecule has 0 fully saturated rings. The van der Waals surface area contributed by atoms with Crippen molar-refractivity contribution in [3.8, 4) is 0 Å². The van der Waals surface area contributed by atoms with Crippen LogP contribution in [0.5, 0.6) is 0 Å². The zero-order chi connectivity index (χ0) is 16.7. The first kappa shape index (κ1) is 19.7. The lowest BCUT2D eigenvalue weighted by Crippen LogP contribution is -2.35. The van der Waals surface area contributed by atoms with Crippen LogP contribution in [0, 0.1) is 16.7 Å². The standard InChI is InChI=1S/C16H31NO4/c1-8-20-14(19)17-9-10-21-13(18)12(16(5,6)7)11-15(2,3)4/h12H,8-11H2,1-7H3,(H,17,19). The number of carbonyl (C=O) groups is 2. The number of nitrogens with one attached hydrogen (secondary N) is 1. The maximum Gasteiger partial charge on any atom is 0.407 e. The van der Waals surface area contributed by atoms with Gasteiger partial charge in [-0.05, 0) is 24.2 Å². The molecule has 0 rings (SSSR count). The lowest BCUT2D eigenvalue weighted by atomic mass is 9.72. The second-order valence-electron chi connectivity index (χ2n) is 7.50. The molecule has 0 aliphatic rings. The summed E-state index contributed by atoms with van der Waals surface area (Å²) in [4.78, 5) is 23.4. The van der Waals surface area contributed by atoms with E-state index in [9.17, 15) is 9.59 Å². The van der Waals surface area contributed by atoms with Crippen LogP contribution in [0.25, 0.3) is 0 Å². The molecule has 0 aromatic carbocycles. The summed E-state index contributed by atoms with van der Waals surface area (Å²) < 4.78 is 10.0. The summed E-state index contributed by atoms with van der Waals surface area (Å²) in [5.41, 5.74) is -0.0981. The number of amides is 1. The smallest absolute Gasteiger partial charge is 0.407 e. The van der Waals surface area contributed by atoms with Crippen LogP contribution in [0.15, 0.2) is 0 Å². The molecule has 1 amide bonds. The summed E-state index contributed by atoms with van der Waals surface area (Å²) in [5.74, 6) is -0.372. The van der Waals surface area contributed by atoms with Crippen LogP contribution in [0.3, 0.4) is 0 Å². The van der Waals surface area contributed by atoms with Crippen molar-refractivity contribution in [1.82, 2.24) is 5.32 Å². The Balaban J connectivity index is 4.34. The second-order valence-corrected chi connectivity index (χ2v) is 7.50. The first-order valence-corrected chi connectivity index (χ1v) is 7.54. The molecular formula is C16H31NO4. The zero-order valence-corrected chi connectivity index (χ0v) is 14.5. The molecule has 0 saturated heterocycles. The normalized spacial score (nSPS) is 13.5. The van der Waals surface area contributed by atoms with Gasteiger partial charge in [-0.2, -0.15) is 0 Å². The van der Waals surface area contributed by atoms with Crippen LogP contribution in [0.4, 0.5) is 4.79 Å². The number of hydrogen-bond donors (Lipinski definition) is 1. The summed E-state index contributed by atoms with van der Waals surface area (Å²) >= 11 is 0. The van der Waals surface area contributed by atoms with E-state index in [4.69, 9.17) is 9.47 Å². The average Bonchev–Trinajstić information content (AvgIpc) is 2.29. The highest BCUT2D eigenvalue weighted by Gasteiger charge is 2.35. The molecule has 0 bridgehead atoms. The molecule has 5 nitrogen and oxygen atoms in total. The Bertz CT molecular complexity index is 339. The summed E-state index contributed by atoms with van der Waals surface area (Å²) in [6.45, 7) is 14.9. The van der Waals surface area contributed by atoms with Crippen molar-refractivity contribution >= 4 is 12.1 Å². The molecule has 0 aliphatic heterocycles. The summed E-state index contributed by atoms with van der Waals surface area (Å²) in [7, 11) is 0. The first-order chi connectivity index (χ1) is 9.47. The van der Waals surface area contributed by atoms with Gasteiger partial charge in [0.05, 0.1) is 19.1 Å². The Morgan fingerprint density at radius 1 is 1.05 bits per heavy atom. The molecule has 0 aromatic heterocycles. The third-order valence-corrected chi connectivity index (χ3v) is 3.04. The van der Waals surface area contributed by atoms with Crippen LogP contribution in [0.2, 0.25) is 0 Å². The largest absolute Gasteiger partial charge is 0.464 e. The molecular weight excluding hydrogens is 270 g/mol. The highest BCUT2D eigenvalue weighted by Crippen LogP contribution is 2.36. The molecule has 0 spiro atoms. The van der Waals surface area contributed by atoms with Crippen molar-refractivity contribution in [3.63, 3.8) is 0 Å². The van der Waals surface area contributed by atoms with Gasteiger partial charge in [0, 0.05) is 0 Å². The summed E-state index contributed by atoms with van der Waals surface area (Å²) in [6, 6.07) is 0. The quantitative estimate of drug-likeness (QED) is 0.603. The molecule has 0 heterocycles. The van der Waals surface area contributed by atoms with Crippen LogP contribution in [-0.4, -0.2) is 31.8 Å². The maximum absolute atomic E-state index is 12.3. The zero-order valence-electron chi connectivity index (χ0n) is 14.5. The molecule has 0 aromatic rings. The number of alkyl carbamates (subject to hydrolysis) is 1. The first-order valence-electron chi connectivity index (χ1n) is 7.54. The SMILES string of the molecule is CCOC(=O)NCCOC(=O)C(CC(C)(C)C)C(C)(C)C. The van der Waals surface area contributed by atoms with Gasteiger partial charge in [0.1, 0.15) is 6.61 Å². The number of esters is 1. The van der Waals surface area contributed by atoms with Crippen LogP contribution in [-0.2, 0) is 14.3 Å². The van der Waals surface area contributed by atoms with Gasteiger partial charge >= 0.3 is 12.1 Å². The number of ether oxygens (including phenoxy) is 2. The van der Waals surface area contributed by atoms with Crippen molar-refractivity contribution in [2.24, 2.45) is 16.7 Å². The Morgan fingerprint density at radius 3 is 2.05 bits per heavy atom. The molecule has 5 heteroatoms. The van der Waals surface area contributed by atoms with E-state index in [0.29, 0.717) is 6.61 Å². The van der Waals surface area contributed by atoms with Crippen molar-refractivity contribution in [2.45, 2.75) is 54.9 Å². The predicted octanol–water partition coefficient (Wildman–Crippen LogP) is 3.37. The highest BCUT2D eigenvalue weighted by atomic mass is 16.6. The minimum atomic E-state index is -0.490. The fourth-order valence-electron chi connectivity index (χ4n) is 1.94. The molecule has 1 atom stereocenters. The van der Waals surface area contributed by atoms with Gasteiger partial charge in [-0.1, -0.05) is 41.5 Å². The Labute approximate surface area is 128 Å². The van der Waals surface area contributed by atoms with Crippen LogP contribution in [0.1, 0.15) is 54.9 Å². The monoisotopic (exact) mass is 301 g/mol. The molecule has 0 radical (unpaired) electrons.